The van der Waals surface area contributed by atoms with Crippen molar-refractivity contribution < 1.29 is 0 Å². The fraction of sp³-hybridized carbons (Fsp3) is 0.444. The number of anilines is 1. The van der Waals surface area contributed by atoms with E-state index in [9.17, 15) is 4.79 Å². The normalized spacial score (nSPS) is 21.1. The van der Waals surface area contributed by atoms with Crippen LogP contribution in [0.2, 0.25) is 0 Å². The summed E-state index contributed by atoms with van der Waals surface area (Å²) in [5, 5.41) is 0.557. The molecule has 2 aliphatic heterocycles. The van der Waals surface area contributed by atoms with Crippen LogP contribution in [-0.4, -0.2) is 56.0 Å². The summed E-state index contributed by atoms with van der Waals surface area (Å²) in [6.07, 6.45) is 6.58. The fourth-order valence-corrected chi connectivity index (χ4v) is 4.57. The highest BCUT2D eigenvalue weighted by Crippen LogP contribution is 2.34. The first-order valence-electron chi connectivity index (χ1n) is 8.79. The Morgan fingerprint density at radius 2 is 2.00 bits per heavy atom. The number of rotatable bonds is 3. The van der Waals surface area contributed by atoms with Gasteiger partial charge in [-0.1, -0.05) is 6.08 Å². The summed E-state index contributed by atoms with van der Waals surface area (Å²) in [5.74, 6) is 0.708. The van der Waals surface area contributed by atoms with Crippen molar-refractivity contribution in [2.24, 2.45) is 7.05 Å². The molecule has 2 aliphatic rings. The quantitative estimate of drug-likeness (QED) is 0.815. The molecule has 136 valence electrons. The van der Waals surface area contributed by atoms with Crippen LogP contribution < -0.4 is 10.5 Å². The highest BCUT2D eigenvalue weighted by Gasteiger charge is 2.28. The molecule has 26 heavy (non-hydrogen) atoms. The van der Waals surface area contributed by atoms with Crippen molar-refractivity contribution in [2.45, 2.75) is 18.7 Å². The summed E-state index contributed by atoms with van der Waals surface area (Å²) in [6, 6.07) is 3.31. The molecular weight excluding hydrogens is 348 g/mol. The van der Waals surface area contributed by atoms with Gasteiger partial charge >= 0.3 is 0 Å². The van der Waals surface area contributed by atoms with Gasteiger partial charge in [0.15, 0.2) is 0 Å². The summed E-state index contributed by atoms with van der Waals surface area (Å²) >= 11 is 1.96. The van der Waals surface area contributed by atoms with Crippen molar-refractivity contribution in [2.75, 3.05) is 31.1 Å². The predicted molar refractivity (Wildman–Crippen MR) is 104 cm³/mol. The first-order valence-corrected chi connectivity index (χ1v) is 9.66. The summed E-state index contributed by atoms with van der Waals surface area (Å²) in [5.41, 5.74) is 1.19. The van der Waals surface area contributed by atoms with E-state index in [2.05, 4.69) is 32.8 Å². The van der Waals surface area contributed by atoms with Gasteiger partial charge < -0.3 is 4.90 Å². The van der Waals surface area contributed by atoms with Crippen LogP contribution in [0.3, 0.4) is 0 Å². The first-order chi connectivity index (χ1) is 12.6. The van der Waals surface area contributed by atoms with Crippen LogP contribution in [0.4, 0.5) is 5.95 Å². The second-order valence-corrected chi connectivity index (χ2v) is 8.00. The molecular formula is C18H22N6OS. The third-order valence-electron chi connectivity index (χ3n) is 4.89. The van der Waals surface area contributed by atoms with Gasteiger partial charge in [-0.15, -0.1) is 11.8 Å². The van der Waals surface area contributed by atoms with E-state index in [1.807, 2.05) is 11.8 Å². The third-order valence-corrected chi connectivity index (χ3v) is 6.19. The van der Waals surface area contributed by atoms with E-state index in [1.54, 1.807) is 23.9 Å². The summed E-state index contributed by atoms with van der Waals surface area (Å²) in [4.78, 5) is 31.4. The molecule has 8 heteroatoms. The molecule has 0 radical (unpaired) electrons. The van der Waals surface area contributed by atoms with Crippen LogP contribution in [0.5, 0.6) is 0 Å². The van der Waals surface area contributed by atoms with Crippen LogP contribution in [0.1, 0.15) is 13.3 Å². The number of piperazine rings is 1. The minimum atomic E-state index is -0.0720. The van der Waals surface area contributed by atoms with E-state index >= 15 is 0 Å². The van der Waals surface area contributed by atoms with Crippen molar-refractivity contribution in [3.05, 3.63) is 46.0 Å². The molecule has 2 aromatic rings. The first kappa shape index (κ1) is 17.2. The zero-order chi connectivity index (χ0) is 18.1. The van der Waals surface area contributed by atoms with Crippen molar-refractivity contribution in [3.63, 3.8) is 0 Å². The zero-order valence-electron chi connectivity index (χ0n) is 15.0. The number of nitrogens with zero attached hydrogens (tertiary/aromatic N) is 6. The summed E-state index contributed by atoms with van der Waals surface area (Å²) < 4.78 is 1.62. The van der Waals surface area contributed by atoms with Gasteiger partial charge in [0, 0.05) is 45.5 Å². The molecule has 0 bridgehead atoms. The number of allylic oxidation sites excluding steroid dienone is 1. The van der Waals surface area contributed by atoms with E-state index in [4.69, 9.17) is 4.98 Å². The molecule has 0 amide bonds. The van der Waals surface area contributed by atoms with Gasteiger partial charge in [-0.05, 0) is 24.3 Å². The maximum absolute atomic E-state index is 12.4. The average molecular weight is 370 g/mol. The van der Waals surface area contributed by atoms with E-state index in [1.165, 1.54) is 17.3 Å². The molecule has 1 unspecified atom stereocenters. The van der Waals surface area contributed by atoms with E-state index in [0.717, 1.165) is 32.6 Å². The molecule has 1 atom stereocenters. The topological polar surface area (TPSA) is 67.2 Å². The molecule has 2 aromatic heterocycles. The Bertz CT molecular complexity index is 873. The lowest BCUT2D eigenvalue weighted by Gasteiger charge is -2.38. The molecule has 4 heterocycles. The molecule has 0 saturated carbocycles. The Hall–Kier alpha value is -2.19. The summed E-state index contributed by atoms with van der Waals surface area (Å²) in [6.45, 7) is 5.87. The Morgan fingerprint density at radius 1 is 1.19 bits per heavy atom. The minimum Gasteiger partial charge on any atom is -0.340 e. The van der Waals surface area contributed by atoms with Gasteiger partial charge in [-0.2, -0.15) is 0 Å². The monoisotopic (exact) mass is 370 g/mol. The average Bonchev–Trinajstić information content (AvgIpc) is 3.11. The SMILES string of the molecule is CC1=CCC(N2CCN(c3nc(-c4ccncn4)cc(=O)n3C)CC2)S1. The predicted octanol–water partition coefficient (Wildman–Crippen LogP) is 1.73. The minimum absolute atomic E-state index is 0.0720. The van der Waals surface area contributed by atoms with E-state index in [-0.39, 0.29) is 5.56 Å². The smallest absolute Gasteiger partial charge is 0.255 e. The Morgan fingerprint density at radius 3 is 2.65 bits per heavy atom. The van der Waals surface area contributed by atoms with Gasteiger partial charge in [0.1, 0.15) is 6.33 Å². The highest BCUT2D eigenvalue weighted by molar-refractivity contribution is 8.03. The van der Waals surface area contributed by atoms with Crippen LogP contribution in [0.15, 0.2) is 40.4 Å². The van der Waals surface area contributed by atoms with Crippen molar-refractivity contribution in [1.82, 2.24) is 24.4 Å². The fourth-order valence-electron chi connectivity index (χ4n) is 3.39. The van der Waals surface area contributed by atoms with Crippen LogP contribution in [-0.2, 0) is 7.05 Å². The number of hydrogen-bond acceptors (Lipinski definition) is 7. The van der Waals surface area contributed by atoms with Crippen molar-refractivity contribution in [1.29, 1.82) is 0 Å². The Balaban J connectivity index is 1.53. The van der Waals surface area contributed by atoms with Crippen molar-refractivity contribution in [3.8, 4) is 11.4 Å². The lowest BCUT2D eigenvalue weighted by molar-refractivity contribution is 0.242. The van der Waals surface area contributed by atoms with Gasteiger partial charge in [0.05, 0.1) is 16.8 Å². The second kappa shape index (κ2) is 7.20. The summed E-state index contributed by atoms with van der Waals surface area (Å²) in [7, 11) is 1.78. The lowest BCUT2D eigenvalue weighted by atomic mass is 10.2. The standard InChI is InChI=1S/C18H22N6OS/c1-13-3-4-17(26-13)23-7-9-24(10-8-23)18-21-15(11-16(25)22(18)2)14-5-6-19-12-20-14/h3,5-6,11-12,17H,4,7-10H2,1-2H3. The molecule has 0 aromatic carbocycles. The van der Waals surface area contributed by atoms with Crippen LogP contribution >= 0.6 is 11.8 Å². The Labute approximate surface area is 156 Å². The van der Waals surface area contributed by atoms with Crippen molar-refractivity contribution >= 4 is 17.7 Å². The zero-order valence-corrected chi connectivity index (χ0v) is 15.8. The molecule has 1 fully saturated rings. The number of thioether (sulfide) groups is 1. The maximum Gasteiger partial charge on any atom is 0.255 e. The largest absolute Gasteiger partial charge is 0.340 e. The second-order valence-electron chi connectivity index (χ2n) is 6.58. The molecule has 4 rings (SSSR count). The van der Waals surface area contributed by atoms with Gasteiger partial charge in [0.2, 0.25) is 5.95 Å². The van der Waals surface area contributed by atoms with Gasteiger partial charge in [-0.25, -0.2) is 15.0 Å². The van der Waals surface area contributed by atoms with Gasteiger partial charge in [-0.3, -0.25) is 14.3 Å². The lowest BCUT2D eigenvalue weighted by Crippen LogP contribution is -2.50. The molecule has 0 aliphatic carbocycles. The molecule has 1 saturated heterocycles. The number of aromatic nitrogens is 4. The molecule has 7 nitrogen and oxygen atoms in total. The van der Waals surface area contributed by atoms with E-state index in [0.29, 0.717) is 22.7 Å². The number of hydrogen-bond donors (Lipinski definition) is 0. The van der Waals surface area contributed by atoms with Crippen LogP contribution in [0, 0.1) is 0 Å². The molecule has 0 N–H and O–H groups in total. The highest BCUT2D eigenvalue weighted by atomic mass is 32.2. The third kappa shape index (κ3) is 3.39. The van der Waals surface area contributed by atoms with E-state index < -0.39 is 0 Å². The maximum atomic E-state index is 12.4. The van der Waals surface area contributed by atoms with Gasteiger partial charge in [0.25, 0.3) is 5.56 Å². The Kier molecular flexibility index (Phi) is 4.78. The van der Waals surface area contributed by atoms with Crippen LogP contribution in [0.25, 0.3) is 11.4 Å². The molecule has 0 spiro atoms.